The molecular formula is C26H28ClN5O4. The summed E-state index contributed by atoms with van der Waals surface area (Å²) in [6, 6.07) is 13.5. The fourth-order valence-electron chi connectivity index (χ4n) is 3.28. The Morgan fingerprint density at radius 1 is 0.972 bits per heavy atom. The molecule has 1 heterocycles. The minimum absolute atomic E-state index is 0.114. The zero-order valence-corrected chi connectivity index (χ0v) is 21.0. The third-order valence-corrected chi connectivity index (χ3v) is 5.33. The lowest BCUT2D eigenvalue weighted by Gasteiger charge is -2.15. The van der Waals surface area contributed by atoms with E-state index in [1.165, 1.54) is 13.1 Å². The van der Waals surface area contributed by atoms with Crippen molar-refractivity contribution in [3.63, 3.8) is 0 Å². The Labute approximate surface area is 214 Å². The molecule has 0 atom stereocenters. The molecule has 3 aromatic rings. The topological polar surface area (TPSA) is 121 Å². The smallest absolute Gasteiger partial charge is 0.259 e. The Balaban J connectivity index is 1.79. The second kappa shape index (κ2) is 12.6. The van der Waals surface area contributed by atoms with E-state index in [2.05, 4.69) is 26.3 Å². The Morgan fingerprint density at radius 3 is 2.44 bits per heavy atom. The van der Waals surface area contributed by atoms with Gasteiger partial charge in [0.25, 0.3) is 11.8 Å². The average molecular weight is 510 g/mol. The fraction of sp³-hybridized carbons (Fsp3) is 0.231. The van der Waals surface area contributed by atoms with Crippen molar-refractivity contribution in [2.24, 2.45) is 0 Å². The van der Waals surface area contributed by atoms with Crippen LogP contribution in [-0.2, 0) is 4.79 Å². The number of nitrogens with zero attached hydrogens (tertiary/aromatic N) is 1. The van der Waals surface area contributed by atoms with Gasteiger partial charge in [-0.05, 0) is 49.7 Å². The van der Waals surface area contributed by atoms with Gasteiger partial charge in [0.15, 0.2) is 0 Å². The number of amides is 3. The highest BCUT2D eigenvalue weighted by Gasteiger charge is 2.18. The van der Waals surface area contributed by atoms with Gasteiger partial charge in [0.05, 0.1) is 28.4 Å². The molecular weight excluding hydrogens is 482 g/mol. The van der Waals surface area contributed by atoms with Crippen LogP contribution >= 0.6 is 11.6 Å². The summed E-state index contributed by atoms with van der Waals surface area (Å²) in [6.45, 7) is 4.07. The van der Waals surface area contributed by atoms with Gasteiger partial charge in [-0.1, -0.05) is 23.2 Å². The molecule has 0 saturated heterocycles. The number of hydrogen-bond donors (Lipinski definition) is 4. The van der Waals surface area contributed by atoms with Crippen LogP contribution in [0.5, 0.6) is 5.75 Å². The maximum absolute atomic E-state index is 13.2. The van der Waals surface area contributed by atoms with Crippen LogP contribution in [-0.4, -0.2) is 42.9 Å². The van der Waals surface area contributed by atoms with E-state index in [-0.39, 0.29) is 11.5 Å². The molecule has 2 aromatic carbocycles. The summed E-state index contributed by atoms with van der Waals surface area (Å²) in [4.78, 5) is 41.4. The van der Waals surface area contributed by atoms with E-state index in [4.69, 9.17) is 16.3 Å². The average Bonchev–Trinajstić information content (AvgIpc) is 2.85. The third kappa shape index (κ3) is 7.44. The predicted octanol–water partition coefficient (Wildman–Crippen LogP) is 4.49. The summed E-state index contributed by atoms with van der Waals surface area (Å²) in [5.74, 6) is -0.260. The lowest BCUT2D eigenvalue weighted by Crippen LogP contribution is -2.22. The van der Waals surface area contributed by atoms with Crippen LogP contribution in [0.2, 0.25) is 5.02 Å². The largest absolute Gasteiger partial charge is 0.493 e. The summed E-state index contributed by atoms with van der Waals surface area (Å²) >= 11 is 5.86. The number of carbonyl (C=O) groups is 3. The van der Waals surface area contributed by atoms with Crippen LogP contribution in [0.3, 0.4) is 0 Å². The number of ether oxygens (including phenoxy) is 1. The summed E-state index contributed by atoms with van der Waals surface area (Å²) in [5.41, 5.74) is 2.55. The second-order valence-electron chi connectivity index (χ2n) is 7.96. The Bertz CT molecular complexity index is 1250. The molecule has 10 heteroatoms. The molecule has 4 N–H and O–H groups in total. The molecule has 0 saturated carbocycles. The molecule has 36 heavy (non-hydrogen) atoms. The number of aryl methyl sites for hydroxylation is 1. The quantitative estimate of drug-likeness (QED) is 0.299. The van der Waals surface area contributed by atoms with E-state index in [9.17, 15) is 14.4 Å². The highest BCUT2D eigenvalue weighted by atomic mass is 35.5. The van der Waals surface area contributed by atoms with E-state index in [0.29, 0.717) is 47.4 Å². The van der Waals surface area contributed by atoms with Crippen molar-refractivity contribution in [3.8, 4) is 5.75 Å². The number of anilines is 3. The number of rotatable bonds is 10. The summed E-state index contributed by atoms with van der Waals surface area (Å²) in [6.07, 6.45) is 2.01. The van der Waals surface area contributed by atoms with Crippen LogP contribution in [0, 0.1) is 6.92 Å². The molecule has 0 spiro atoms. The van der Waals surface area contributed by atoms with E-state index in [1.807, 2.05) is 6.92 Å². The Kier molecular flexibility index (Phi) is 9.24. The lowest BCUT2D eigenvalue weighted by molar-refractivity contribution is -0.118. The van der Waals surface area contributed by atoms with Gasteiger partial charge < -0.3 is 26.0 Å². The van der Waals surface area contributed by atoms with Crippen molar-refractivity contribution < 1.29 is 19.1 Å². The number of nitrogens with one attached hydrogen (secondary N) is 4. The van der Waals surface area contributed by atoms with Gasteiger partial charge in [0.2, 0.25) is 5.91 Å². The van der Waals surface area contributed by atoms with E-state index in [1.54, 1.807) is 55.6 Å². The number of carbonyl (C=O) groups excluding carboxylic acids is 3. The van der Waals surface area contributed by atoms with Gasteiger partial charge in [-0.2, -0.15) is 0 Å². The molecule has 0 unspecified atom stereocenters. The normalized spacial score (nSPS) is 10.3. The van der Waals surface area contributed by atoms with Gasteiger partial charge in [-0.15, -0.1) is 0 Å². The highest BCUT2D eigenvalue weighted by Crippen LogP contribution is 2.26. The first-order valence-corrected chi connectivity index (χ1v) is 11.7. The maximum atomic E-state index is 13.2. The minimum atomic E-state index is -0.433. The van der Waals surface area contributed by atoms with Crippen molar-refractivity contribution in [2.75, 3.05) is 36.1 Å². The molecule has 0 aliphatic carbocycles. The van der Waals surface area contributed by atoms with Crippen molar-refractivity contribution >= 4 is 46.5 Å². The lowest BCUT2D eigenvalue weighted by atomic mass is 10.1. The molecule has 3 amide bonds. The summed E-state index contributed by atoms with van der Waals surface area (Å²) < 4.78 is 5.86. The Morgan fingerprint density at radius 2 is 1.75 bits per heavy atom. The standard InChI is InChI=1S/C26H28ClN5O4/c1-16-5-9-22(21(13-16)26(35)32-24-10-6-18(27)15-30-24)31-25(34)20-8-7-19(28-3)14-23(20)36-12-4-11-29-17(2)33/h5-10,13-15,28H,4,11-12H2,1-3H3,(H,29,33)(H,31,34)(H,30,32,35). The zero-order valence-electron chi connectivity index (χ0n) is 20.3. The number of aromatic nitrogens is 1. The number of hydrogen-bond acceptors (Lipinski definition) is 6. The highest BCUT2D eigenvalue weighted by molar-refractivity contribution is 6.30. The predicted molar refractivity (Wildman–Crippen MR) is 141 cm³/mol. The molecule has 0 fully saturated rings. The van der Waals surface area contributed by atoms with E-state index in [0.717, 1.165) is 11.3 Å². The molecule has 0 radical (unpaired) electrons. The summed E-state index contributed by atoms with van der Waals surface area (Å²) in [5, 5.41) is 11.7. The van der Waals surface area contributed by atoms with Crippen molar-refractivity contribution in [2.45, 2.75) is 20.3 Å². The molecule has 3 rings (SSSR count). The summed E-state index contributed by atoms with van der Waals surface area (Å²) in [7, 11) is 1.77. The van der Waals surface area contributed by atoms with Gasteiger partial charge in [-0.3, -0.25) is 14.4 Å². The van der Waals surface area contributed by atoms with Crippen LogP contribution in [0.15, 0.2) is 54.7 Å². The fourth-order valence-corrected chi connectivity index (χ4v) is 3.39. The van der Waals surface area contributed by atoms with Crippen molar-refractivity contribution in [1.29, 1.82) is 0 Å². The van der Waals surface area contributed by atoms with Gasteiger partial charge in [-0.25, -0.2) is 4.98 Å². The first kappa shape index (κ1) is 26.5. The second-order valence-corrected chi connectivity index (χ2v) is 8.40. The van der Waals surface area contributed by atoms with E-state index >= 15 is 0 Å². The molecule has 0 bridgehead atoms. The molecule has 1 aromatic heterocycles. The zero-order chi connectivity index (χ0) is 26.1. The Hall–Kier alpha value is -4.11. The van der Waals surface area contributed by atoms with Crippen LogP contribution in [0.4, 0.5) is 17.2 Å². The van der Waals surface area contributed by atoms with Crippen LogP contribution in [0.1, 0.15) is 39.6 Å². The van der Waals surface area contributed by atoms with Crippen molar-refractivity contribution in [3.05, 3.63) is 76.4 Å². The first-order valence-electron chi connectivity index (χ1n) is 11.3. The molecule has 188 valence electrons. The maximum Gasteiger partial charge on any atom is 0.259 e. The van der Waals surface area contributed by atoms with Crippen LogP contribution < -0.4 is 26.0 Å². The van der Waals surface area contributed by atoms with Crippen molar-refractivity contribution in [1.82, 2.24) is 10.3 Å². The van der Waals surface area contributed by atoms with Gasteiger partial charge in [0.1, 0.15) is 11.6 Å². The van der Waals surface area contributed by atoms with Gasteiger partial charge in [0, 0.05) is 38.5 Å². The van der Waals surface area contributed by atoms with Crippen LogP contribution in [0.25, 0.3) is 0 Å². The molecule has 0 aliphatic rings. The molecule has 0 aliphatic heterocycles. The minimum Gasteiger partial charge on any atom is -0.493 e. The number of benzene rings is 2. The SMILES string of the molecule is CNc1ccc(C(=O)Nc2ccc(C)cc2C(=O)Nc2ccc(Cl)cn2)c(OCCCNC(C)=O)c1. The monoisotopic (exact) mass is 509 g/mol. The number of halogens is 1. The van der Waals surface area contributed by atoms with E-state index < -0.39 is 11.8 Å². The third-order valence-electron chi connectivity index (χ3n) is 5.10. The molecule has 9 nitrogen and oxygen atoms in total. The number of pyridine rings is 1. The first-order chi connectivity index (χ1) is 17.3. The van der Waals surface area contributed by atoms with Gasteiger partial charge >= 0.3 is 0 Å².